The van der Waals surface area contributed by atoms with Crippen LogP contribution in [0, 0.1) is 0 Å². The fourth-order valence-electron chi connectivity index (χ4n) is 15.4. The summed E-state index contributed by atoms with van der Waals surface area (Å²) < 4.78 is 5.49. The Hall–Kier alpha value is -7.56. The van der Waals surface area contributed by atoms with Gasteiger partial charge in [-0.05, 0) is 170 Å². The van der Waals surface area contributed by atoms with Crippen LogP contribution in [0.1, 0.15) is 180 Å². The summed E-state index contributed by atoms with van der Waals surface area (Å²) in [4.78, 5) is 2.54. The summed E-state index contributed by atoms with van der Waals surface area (Å²) in [6.07, 6.45) is 0. The van der Waals surface area contributed by atoms with E-state index in [9.17, 15) is 0 Å². The molecule has 5 heterocycles. The molecule has 0 saturated heterocycles. The molecule has 0 unspecified atom stereocenters. The van der Waals surface area contributed by atoms with Crippen molar-refractivity contribution in [3.05, 3.63) is 213 Å². The lowest BCUT2D eigenvalue weighted by Crippen LogP contribution is -2.60. The van der Waals surface area contributed by atoms with Crippen LogP contribution < -0.4 is 21.3 Å². The summed E-state index contributed by atoms with van der Waals surface area (Å²) in [6.45, 7) is 42.6. The largest absolute Gasteiger partial charge is 0.310 e. The van der Waals surface area contributed by atoms with E-state index in [0.717, 1.165) is 11.4 Å². The van der Waals surface area contributed by atoms with Crippen molar-refractivity contribution in [2.45, 2.75) is 163 Å². The molecule has 1 aliphatic carbocycles. The first kappa shape index (κ1) is 52.3. The number of anilines is 3. The minimum absolute atomic E-state index is 0.0242. The molecular formula is C79H80BN3. The number of hydrogen-bond acceptors (Lipinski definition) is 1. The van der Waals surface area contributed by atoms with E-state index in [1.165, 1.54) is 144 Å². The summed E-state index contributed by atoms with van der Waals surface area (Å²) in [5.41, 5.74) is 31.1. The molecule has 0 bridgehead atoms. The zero-order valence-electron chi connectivity index (χ0n) is 52.4. The maximum atomic E-state index is 2.80. The van der Waals surface area contributed by atoms with Crippen LogP contribution >= 0.6 is 0 Å². The molecule has 0 saturated carbocycles. The fraction of sp³-hybridized carbons (Fsp3) is 0.316. The first-order valence-electron chi connectivity index (χ1n) is 30.7. The molecule has 3 aliphatic heterocycles. The van der Waals surface area contributed by atoms with Crippen molar-refractivity contribution in [3.8, 4) is 22.5 Å². The molecule has 0 atom stereocenters. The number of rotatable bonds is 3. The molecule has 414 valence electrons. The van der Waals surface area contributed by atoms with Gasteiger partial charge < -0.3 is 14.0 Å². The number of nitrogens with zero attached hydrogens (tertiary/aromatic N) is 3. The molecule has 0 fully saturated rings. The van der Waals surface area contributed by atoms with Crippen molar-refractivity contribution >= 4 is 83.8 Å². The lowest BCUT2D eigenvalue weighted by molar-refractivity contribution is 0.583. The Morgan fingerprint density at radius 2 is 0.843 bits per heavy atom. The summed E-state index contributed by atoms with van der Waals surface area (Å²) in [7, 11) is 0. The maximum Gasteiger partial charge on any atom is 0.252 e. The number of fused-ring (bicyclic) bond motifs is 14. The van der Waals surface area contributed by atoms with Gasteiger partial charge in [0.1, 0.15) is 0 Å². The Morgan fingerprint density at radius 1 is 0.361 bits per heavy atom. The Bertz CT molecular complexity index is 4520. The van der Waals surface area contributed by atoms with Crippen molar-refractivity contribution in [1.29, 1.82) is 0 Å². The quantitative estimate of drug-likeness (QED) is 0.161. The van der Waals surface area contributed by atoms with Crippen molar-refractivity contribution in [3.63, 3.8) is 0 Å². The summed E-state index contributed by atoms with van der Waals surface area (Å²) in [5.74, 6) is 0. The SMILES string of the molecule is CC(C)(C)c1ccc(N(c2ccc(C(C)(C)C)cc2)c2ccc3c4c2c2ccccc2n4-c2ccc4c5c2B3c2cc(C(C)(C)C)cc3c6cc(C(C)(C)C)cc(c6n-5c23)C42c3cc(C(C)(C)C)ccc3-c3ccc(C(C)(C)C)cc32)cc1. The summed E-state index contributed by atoms with van der Waals surface area (Å²) >= 11 is 0. The van der Waals surface area contributed by atoms with Gasteiger partial charge in [0.2, 0.25) is 0 Å². The van der Waals surface area contributed by atoms with Crippen LogP contribution in [0.2, 0.25) is 0 Å². The van der Waals surface area contributed by atoms with Gasteiger partial charge in [-0.15, -0.1) is 0 Å². The van der Waals surface area contributed by atoms with Crippen LogP contribution in [0.25, 0.3) is 66.1 Å². The van der Waals surface area contributed by atoms with Crippen molar-refractivity contribution in [2.24, 2.45) is 0 Å². The van der Waals surface area contributed by atoms with E-state index >= 15 is 0 Å². The number of aromatic nitrogens is 2. The Balaban J connectivity index is 1.13. The monoisotopic (exact) mass is 1080 g/mol. The molecule has 4 heteroatoms. The molecule has 1 spiro atoms. The van der Waals surface area contributed by atoms with Crippen LogP contribution in [0.5, 0.6) is 0 Å². The van der Waals surface area contributed by atoms with E-state index in [4.69, 9.17) is 0 Å². The molecule has 3 nitrogen and oxygen atoms in total. The molecule has 11 aromatic rings. The van der Waals surface area contributed by atoms with Gasteiger partial charge in [-0.1, -0.05) is 228 Å². The van der Waals surface area contributed by atoms with Gasteiger partial charge in [0.05, 0.1) is 27.7 Å². The lowest BCUT2D eigenvalue weighted by atomic mass is 9.33. The predicted octanol–water partition coefficient (Wildman–Crippen LogP) is 19.0. The smallest absolute Gasteiger partial charge is 0.252 e. The second-order valence-electron chi connectivity index (χ2n) is 31.5. The second kappa shape index (κ2) is 16.4. The van der Waals surface area contributed by atoms with Crippen LogP contribution in [0.15, 0.2) is 158 Å². The highest BCUT2D eigenvalue weighted by atomic mass is 15.1. The molecule has 0 N–H and O–H groups in total. The third-order valence-electron chi connectivity index (χ3n) is 20.0. The molecule has 15 rings (SSSR count). The van der Waals surface area contributed by atoms with Gasteiger partial charge in [-0.3, -0.25) is 0 Å². The summed E-state index contributed by atoms with van der Waals surface area (Å²) in [5, 5.41) is 5.27. The van der Waals surface area contributed by atoms with Gasteiger partial charge in [0.15, 0.2) is 0 Å². The lowest BCUT2D eigenvalue weighted by Gasteiger charge is -2.45. The van der Waals surface area contributed by atoms with Gasteiger partial charge in [-0.25, -0.2) is 0 Å². The van der Waals surface area contributed by atoms with Crippen LogP contribution in [0.3, 0.4) is 0 Å². The Morgan fingerprint density at radius 3 is 1.37 bits per heavy atom. The molecule has 0 radical (unpaired) electrons. The van der Waals surface area contributed by atoms with Crippen LogP contribution in [-0.2, 0) is 37.9 Å². The first-order valence-corrected chi connectivity index (χ1v) is 30.7. The highest BCUT2D eigenvalue weighted by molar-refractivity contribution is 7.00. The minimum atomic E-state index is -0.625. The van der Waals surface area contributed by atoms with Gasteiger partial charge in [0, 0.05) is 49.8 Å². The minimum Gasteiger partial charge on any atom is -0.310 e. The number of para-hydroxylation sites is 1. The number of benzene rings is 9. The van der Waals surface area contributed by atoms with Crippen molar-refractivity contribution < 1.29 is 0 Å². The topological polar surface area (TPSA) is 13.1 Å². The van der Waals surface area contributed by atoms with Crippen LogP contribution in [-0.4, -0.2) is 15.8 Å². The zero-order valence-corrected chi connectivity index (χ0v) is 52.4. The molecule has 9 aromatic carbocycles. The fourth-order valence-corrected chi connectivity index (χ4v) is 15.4. The van der Waals surface area contributed by atoms with Gasteiger partial charge >= 0.3 is 0 Å². The third-order valence-corrected chi connectivity index (χ3v) is 20.0. The molecule has 2 aromatic heterocycles. The van der Waals surface area contributed by atoms with Crippen molar-refractivity contribution in [2.75, 3.05) is 4.90 Å². The molecule has 0 amide bonds. The zero-order chi connectivity index (χ0) is 58.4. The van der Waals surface area contributed by atoms with Gasteiger partial charge in [0.25, 0.3) is 6.71 Å². The second-order valence-corrected chi connectivity index (χ2v) is 31.5. The molecular weight excluding hydrogens is 1000 g/mol. The average molecular weight is 1080 g/mol. The normalized spacial score (nSPS) is 14.9. The first-order chi connectivity index (χ1) is 39.0. The van der Waals surface area contributed by atoms with E-state index < -0.39 is 5.41 Å². The van der Waals surface area contributed by atoms with E-state index in [1.807, 2.05) is 0 Å². The van der Waals surface area contributed by atoms with E-state index in [0.29, 0.717) is 0 Å². The van der Waals surface area contributed by atoms with Crippen molar-refractivity contribution in [1.82, 2.24) is 9.13 Å². The maximum absolute atomic E-state index is 2.80. The molecule has 4 aliphatic rings. The highest BCUT2D eigenvalue weighted by Gasteiger charge is 2.55. The number of hydrogen-bond donors (Lipinski definition) is 0. The third kappa shape index (κ3) is 7.05. The highest BCUT2D eigenvalue weighted by Crippen LogP contribution is 2.63. The molecule has 83 heavy (non-hydrogen) atoms. The van der Waals surface area contributed by atoms with Gasteiger partial charge in [-0.2, -0.15) is 0 Å². The average Bonchev–Trinajstić information content (AvgIpc) is 1.57. The Labute approximate surface area is 493 Å². The predicted molar refractivity (Wildman–Crippen MR) is 358 cm³/mol. The standard InChI is InChI=1S/C79H80BN3/c1-73(2,3)45-23-29-51(30-24-45)81(52-31-25-46(26-32-52)74(4,5)6)65-38-36-62-72-67(65)55-21-19-20-22-64(55)82(72)66-37-35-58-71-68(66)80(62)63-44-50(78(16,17)18)40-57-56-39-49(77(13,14)15)43-61(69(56)83(71)70(57)63)79(58)59-41-47(75(7,8)9)27-33-53(59)54-34-28-48(42-60(54)79)76(10,11)12/h19-44H,1-18H3. The van der Waals surface area contributed by atoms with E-state index in [2.05, 4.69) is 296 Å². The van der Waals surface area contributed by atoms with E-state index in [-0.39, 0.29) is 39.2 Å². The van der Waals surface area contributed by atoms with E-state index in [1.54, 1.807) is 0 Å². The Kier molecular flexibility index (Phi) is 10.3. The summed E-state index contributed by atoms with van der Waals surface area (Å²) in [6, 6.07) is 63.8. The van der Waals surface area contributed by atoms with Crippen LogP contribution in [0.4, 0.5) is 17.1 Å².